The number of ether oxygens (including phenoxy) is 2. The summed E-state index contributed by atoms with van der Waals surface area (Å²) in [5, 5.41) is 14.1. The fourth-order valence-electron chi connectivity index (χ4n) is 6.43. The molecule has 9 nitrogen and oxygen atoms in total. The van der Waals surface area contributed by atoms with E-state index >= 15 is 0 Å². The first-order chi connectivity index (χ1) is 17.7. The summed E-state index contributed by atoms with van der Waals surface area (Å²) in [7, 11) is 0. The van der Waals surface area contributed by atoms with Crippen LogP contribution in [0, 0.1) is 0 Å². The number of pyridine rings is 1. The first kappa shape index (κ1) is 23.5. The molecule has 3 aromatic rings. The highest BCUT2D eigenvalue weighted by Crippen LogP contribution is 2.37. The van der Waals surface area contributed by atoms with Gasteiger partial charge in [-0.1, -0.05) is 45.4 Å². The summed E-state index contributed by atoms with van der Waals surface area (Å²) in [6, 6.07) is 6.68. The van der Waals surface area contributed by atoms with Crippen LogP contribution in [0.1, 0.15) is 101 Å². The zero-order chi connectivity index (χ0) is 24.5. The normalized spacial score (nSPS) is 19.8. The topological polar surface area (TPSA) is 98.2 Å². The second-order valence-electron chi connectivity index (χ2n) is 10.6. The van der Waals surface area contributed by atoms with E-state index in [1.807, 2.05) is 18.2 Å². The minimum atomic E-state index is -0.0519. The van der Waals surface area contributed by atoms with Crippen molar-refractivity contribution in [1.29, 1.82) is 0 Å². The molecule has 2 aliphatic carbocycles. The van der Waals surface area contributed by atoms with Crippen molar-refractivity contribution < 1.29 is 9.47 Å². The van der Waals surface area contributed by atoms with Crippen LogP contribution < -0.4 is 15.0 Å². The lowest BCUT2D eigenvalue weighted by atomic mass is 9.91. The molecule has 0 saturated heterocycles. The predicted molar refractivity (Wildman–Crippen MR) is 136 cm³/mol. The monoisotopic (exact) mass is 492 g/mol. The molecule has 3 aliphatic rings. The fourth-order valence-corrected chi connectivity index (χ4v) is 6.43. The molecule has 2 fully saturated rings. The van der Waals surface area contributed by atoms with Gasteiger partial charge in [-0.25, -0.2) is 4.68 Å². The van der Waals surface area contributed by atoms with E-state index in [-0.39, 0.29) is 18.4 Å². The zero-order valence-corrected chi connectivity index (χ0v) is 21.1. The van der Waals surface area contributed by atoms with Crippen molar-refractivity contribution in [2.24, 2.45) is 0 Å². The maximum absolute atomic E-state index is 13.3. The number of nitrogens with one attached hydrogen (secondary N) is 1. The molecule has 1 atom stereocenters. The van der Waals surface area contributed by atoms with E-state index < -0.39 is 0 Å². The van der Waals surface area contributed by atoms with Crippen LogP contribution in [0.15, 0.2) is 23.0 Å². The molecule has 9 heteroatoms. The molecule has 0 bridgehead atoms. The van der Waals surface area contributed by atoms with Gasteiger partial charge in [-0.05, 0) is 54.7 Å². The molecule has 192 valence electrons. The zero-order valence-electron chi connectivity index (χ0n) is 21.1. The lowest BCUT2D eigenvalue weighted by molar-refractivity contribution is 0.0821. The number of hydrogen-bond donors (Lipinski definition) is 1. The van der Waals surface area contributed by atoms with Gasteiger partial charge in [0.1, 0.15) is 0 Å². The third-order valence-electron chi connectivity index (χ3n) is 8.33. The van der Waals surface area contributed by atoms with Crippen LogP contribution in [-0.2, 0) is 6.54 Å². The average molecular weight is 493 g/mol. The van der Waals surface area contributed by atoms with Crippen molar-refractivity contribution >= 4 is 10.9 Å². The summed E-state index contributed by atoms with van der Waals surface area (Å²) in [5.41, 5.74) is 1.48. The van der Waals surface area contributed by atoms with Crippen LogP contribution in [0.3, 0.4) is 0 Å². The third-order valence-corrected chi connectivity index (χ3v) is 8.33. The van der Waals surface area contributed by atoms with E-state index in [1.165, 1.54) is 38.5 Å². The molecular formula is C27H36N6O3. The minimum Gasteiger partial charge on any atom is -0.454 e. The number of benzene rings is 1. The van der Waals surface area contributed by atoms with Gasteiger partial charge in [-0.15, -0.1) is 5.10 Å². The molecule has 2 aromatic heterocycles. The first-order valence-electron chi connectivity index (χ1n) is 13.7. The number of nitrogens with zero attached hydrogens (tertiary/aromatic N) is 5. The van der Waals surface area contributed by atoms with Gasteiger partial charge in [0.25, 0.3) is 5.56 Å². The van der Waals surface area contributed by atoms with E-state index in [9.17, 15) is 4.79 Å². The summed E-state index contributed by atoms with van der Waals surface area (Å²) in [5.74, 6) is 2.36. The van der Waals surface area contributed by atoms with Crippen LogP contribution in [0.2, 0.25) is 0 Å². The molecule has 1 N–H and O–H groups in total. The first-order valence-corrected chi connectivity index (χ1v) is 13.7. The van der Waals surface area contributed by atoms with Crippen LogP contribution in [-0.4, -0.2) is 42.9 Å². The van der Waals surface area contributed by atoms with Crippen LogP contribution >= 0.6 is 0 Å². The van der Waals surface area contributed by atoms with E-state index in [0.717, 1.165) is 60.1 Å². The molecule has 2 saturated carbocycles. The van der Waals surface area contributed by atoms with Crippen molar-refractivity contribution in [3.8, 4) is 11.5 Å². The number of hydrogen-bond acceptors (Lipinski definition) is 7. The number of H-pyrrole nitrogens is 1. The van der Waals surface area contributed by atoms with Gasteiger partial charge in [-0.2, -0.15) is 0 Å². The number of aromatic amines is 1. The third kappa shape index (κ3) is 4.49. The number of aromatic nitrogens is 5. The molecule has 6 rings (SSSR count). The van der Waals surface area contributed by atoms with Crippen molar-refractivity contribution in [3.05, 3.63) is 39.9 Å². The summed E-state index contributed by atoms with van der Waals surface area (Å²) in [4.78, 5) is 18.9. The van der Waals surface area contributed by atoms with Crippen molar-refractivity contribution in [3.63, 3.8) is 0 Å². The Kier molecular flexibility index (Phi) is 6.65. The van der Waals surface area contributed by atoms with E-state index in [0.29, 0.717) is 24.4 Å². The molecule has 1 aromatic carbocycles. The molecule has 0 radical (unpaired) electrons. The Labute approximate surface area is 211 Å². The molecule has 0 spiro atoms. The maximum atomic E-state index is 13.3. The van der Waals surface area contributed by atoms with Gasteiger partial charge in [0.2, 0.25) is 6.79 Å². The number of fused-ring (bicyclic) bond motifs is 2. The van der Waals surface area contributed by atoms with Crippen LogP contribution in [0.5, 0.6) is 11.5 Å². The summed E-state index contributed by atoms with van der Waals surface area (Å²) >= 11 is 0. The Morgan fingerprint density at radius 3 is 2.50 bits per heavy atom. The fraction of sp³-hybridized carbons (Fsp3) is 0.630. The van der Waals surface area contributed by atoms with Crippen LogP contribution in [0.4, 0.5) is 0 Å². The Hall–Kier alpha value is -2.94. The summed E-state index contributed by atoms with van der Waals surface area (Å²) in [6.45, 7) is 3.00. The summed E-state index contributed by atoms with van der Waals surface area (Å²) in [6.07, 6.45) is 13.0. The van der Waals surface area contributed by atoms with Crippen molar-refractivity contribution in [2.45, 2.75) is 102 Å². The minimum absolute atomic E-state index is 0.0519. The van der Waals surface area contributed by atoms with Crippen molar-refractivity contribution in [2.75, 3.05) is 6.79 Å². The molecule has 1 unspecified atom stereocenters. The second-order valence-corrected chi connectivity index (χ2v) is 10.6. The highest BCUT2D eigenvalue weighted by molar-refractivity contribution is 5.83. The maximum Gasteiger partial charge on any atom is 0.252 e. The highest BCUT2D eigenvalue weighted by atomic mass is 16.7. The lowest BCUT2D eigenvalue weighted by Crippen LogP contribution is -2.41. The van der Waals surface area contributed by atoms with Crippen LogP contribution in [0.25, 0.3) is 10.9 Å². The van der Waals surface area contributed by atoms with Gasteiger partial charge in [0.15, 0.2) is 17.3 Å². The molecule has 1 aliphatic heterocycles. The molecule has 0 amide bonds. The molecule has 36 heavy (non-hydrogen) atoms. The Bertz CT molecular complexity index is 1260. The largest absolute Gasteiger partial charge is 0.454 e. The lowest BCUT2D eigenvalue weighted by Gasteiger charge is -2.39. The van der Waals surface area contributed by atoms with Gasteiger partial charge >= 0.3 is 0 Å². The van der Waals surface area contributed by atoms with Crippen molar-refractivity contribution in [1.82, 2.24) is 30.1 Å². The standard InChI is InChI=1S/C27H36N6O3/c1-2-23(26-29-30-31-33(26)21-11-7-4-8-12-21)32(20-9-5-3-6-10-20)16-19-13-18-14-24-25(36-17-35-24)15-22(18)28-27(19)34/h13-15,20-21,23H,2-12,16-17H2,1H3,(H,28,34). The van der Waals surface area contributed by atoms with Gasteiger partial charge < -0.3 is 14.5 Å². The van der Waals surface area contributed by atoms with Gasteiger partial charge in [-0.3, -0.25) is 9.69 Å². The second kappa shape index (κ2) is 10.2. The van der Waals surface area contributed by atoms with E-state index in [4.69, 9.17) is 9.47 Å². The average Bonchev–Trinajstić information content (AvgIpc) is 3.58. The highest BCUT2D eigenvalue weighted by Gasteiger charge is 2.33. The SMILES string of the molecule is CCC(c1nnnn1C1CCCCC1)N(Cc1cc2cc3c(cc2[nH]c1=O)OCO3)C1CCCCC1. The number of rotatable bonds is 7. The molecular weight excluding hydrogens is 456 g/mol. The van der Waals surface area contributed by atoms with Gasteiger partial charge in [0.05, 0.1) is 17.6 Å². The van der Waals surface area contributed by atoms with Gasteiger partial charge in [0, 0.05) is 29.6 Å². The quantitative estimate of drug-likeness (QED) is 0.494. The summed E-state index contributed by atoms with van der Waals surface area (Å²) < 4.78 is 13.2. The Morgan fingerprint density at radius 1 is 1.03 bits per heavy atom. The predicted octanol–water partition coefficient (Wildman–Crippen LogP) is 5.03. The Balaban J connectivity index is 1.36. The van der Waals surface area contributed by atoms with E-state index in [1.54, 1.807) is 0 Å². The smallest absolute Gasteiger partial charge is 0.252 e. The number of tetrazole rings is 1. The van der Waals surface area contributed by atoms with E-state index in [2.05, 4.69) is 37.0 Å². The molecule has 3 heterocycles. The Morgan fingerprint density at radius 2 is 1.75 bits per heavy atom.